The number of hydrogen-bond acceptors (Lipinski definition) is 5. The van der Waals surface area contributed by atoms with Crippen molar-refractivity contribution < 1.29 is 19.0 Å². The molecule has 1 N–H and O–H groups in total. The summed E-state index contributed by atoms with van der Waals surface area (Å²) in [6, 6.07) is 16.2. The minimum Gasteiger partial charge on any atom is -0.438 e. The minimum atomic E-state index is -0.609. The van der Waals surface area contributed by atoms with Crippen molar-refractivity contribution >= 4 is 0 Å². The van der Waals surface area contributed by atoms with Gasteiger partial charge in [-0.05, 0) is 44.0 Å². The molecule has 2 aromatic carbocycles. The van der Waals surface area contributed by atoms with E-state index in [4.69, 9.17) is 14.6 Å². The zero-order chi connectivity index (χ0) is 23.2. The Labute approximate surface area is 193 Å². The Balaban J connectivity index is 1.63. The molecule has 4 rings (SSSR count). The zero-order valence-electron chi connectivity index (χ0n) is 18.9. The molecule has 1 aliphatic rings. The Morgan fingerprint density at radius 2 is 2.03 bits per heavy atom. The van der Waals surface area contributed by atoms with E-state index < -0.39 is 6.10 Å². The molecule has 1 aromatic heterocycles. The van der Waals surface area contributed by atoms with Gasteiger partial charge in [-0.2, -0.15) is 5.10 Å². The highest BCUT2D eigenvalue weighted by atomic mass is 19.1. The van der Waals surface area contributed by atoms with Crippen LogP contribution in [0.2, 0.25) is 0 Å². The molecule has 0 saturated heterocycles. The maximum absolute atomic E-state index is 13.8. The van der Waals surface area contributed by atoms with Gasteiger partial charge in [0.25, 0.3) is 0 Å². The molecule has 1 heterocycles. The Bertz CT molecular complexity index is 1070. The van der Waals surface area contributed by atoms with E-state index in [9.17, 15) is 9.50 Å². The van der Waals surface area contributed by atoms with E-state index in [-0.39, 0.29) is 12.4 Å². The lowest BCUT2D eigenvalue weighted by molar-refractivity contribution is 0.0226. The minimum absolute atomic E-state index is 0.254. The maximum atomic E-state index is 13.8. The molecule has 0 aliphatic heterocycles. The molecule has 1 atom stereocenters. The molecule has 33 heavy (non-hydrogen) atoms. The summed E-state index contributed by atoms with van der Waals surface area (Å²) in [7, 11) is 0. The second-order valence-corrected chi connectivity index (χ2v) is 8.32. The van der Waals surface area contributed by atoms with Gasteiger partial charge in [-0.3, -0.25) is 4.90 Å². The molecule has 0 spiro atoms. The van der Waals surface area contributed by atoms with Crippen LogP contribution in [0.25, 0.3) is 5.69 Å². The van der Waals surface area contributed by atoms with Crippen molar-refractivity contribution in [1.82, 2.24) is 14.7 Å². The highest BCUT2D eigenvalue weighted by molar-refractivity contribution is 5.43. The summed E-state index contributed by atoms with van der Waals surface area (Å²) in [5.41, 5.74) is 2.59. The van der Waals surface area contributed by atoms with Crippen molar-refractivity contribution in [1.29, 1.82) is 0 Å². The Kier molecular flexibility index (Phi) is 7.54. The van der Waals surface area contributed by atoms with Crippen LogP contribution >= 0.6 is 0 Å². The van der Waals surface area contributed by atoms with Crippen LogP contribution in [0.3, 0.4) is 0 Å². The fourth-order valence-corrected chi connectivity index (χ4v) is 3.81. The van der Waals surface area contributed by atoms with Crippen molar-refractivity contribution in [3.8, 4) is 17.3 Å². The van der Waals surface area contributed by atoms with Crippen LogP contribution in [0.5, 0.6) is 11.6 Å². The fourth-order valence-electron chi connectivity index (χ4n) is 3.81. The van der Waals surface area contributed by atoms with Crippen LogP contribution in [0.4, 0.5) is 4.39 Å². The summed E-state index contributed by atoms with van der Waals surface area (Å²) in [5.74, 6) is 0.593. The SMILES string of the molecule is C=CCOC[C@@H](O)CN(Cc1c(C)nn(-c2ccccc2)c1Oc1cccc(F)c1)C1CC1. The molecule has 1 fully saturated rings. The van der Waals surface area contributed by atoms with Gasteiger partial charge in [0, 0.05) is 25.2 Å². The van der Waals surface area contributed by atoms with Crippen molar-refractivity contribution in [2.24, 2.45) is 0 Å². The first-order valence-electron chi connectivity index (χ1n) is 11.2. The van der Waals surface area contributed by atoms with E-state index in [1.54, 1.807) is 22.9 Å². The molecule has 0 amide bonds. The monoisotopic (exact) mass is 451 g/mol. The van der Waals surface area contributed by atoms with Crippen LogP contribution in [0.15, 0.2) is 67.3 Å². The van der Waals surface area contributed by atoms with Gasteiger partial charge in [0.05, 0.1) is 36.3 Å². The normalized spacial score (nSPS) is 14.4. The van der Waals surface area contributed by atoms with E-state index in [1.165, 1.54) is 12.1 Å². The van der Waals surface area contributed by atoms with Crippen LogP contribution in [0.1, 0.15) is 24.1 Å². The molecule has 0 bridgehead atoms. The Morgan fingerprint density at radius 1 is 1.24 bits per heavy atom. The number of hydrogen-bond donors (Lipinski definition) is 1. The number of aromatic nitrogens is 2. The van der Waals surface area contributed by atoms with E-state index in [0.29, 0.717) is 37.4 Å². The van der Waals surface area contributed by atoms with Gasteiger partial charge >= 0.3 is 0 Å². The predicted octanol–water partition coefficient (Wildman–Crippen LogP) is 4.64. The van der Waals surface area contributed by atoms with Gasteiger partial charge < -0.3 is 14.6 Å². The Hall–Kier alpha value is -3.00. The summed E-state index contributed by atoms with van der Waals surface area (Å²) in [6.45, 7) is 7.29. The average Bonchev–Trinajstić information content (AvgIpc) is 3.61. The number of aryl methyl sites for hydroxylation is 1. The lowest BCUT2D eigenvalue weighted by atomic mass is 10.2. The first-order valence-corrected chi connectivity index (χ1v) is 11.2. The number of nitrogens with zero attached hydrogens (tertiary/aromatic N) is 3. The van der Waals surface area contributed by atoms with Crippen molar-refractivity contribution in [3.05, 3.63) is 84.3 Å². The van der Waals surface area contributed by atoms with Gasteiger partial charge in [0.1, 0.15) is 11.6 Å². The van der Waals surface area contributed by atoms with Crippen LogP contribution in [0, 0.1) is 12.7 Å². The van der Waals surface area contributed by atoms with Gasteiger partial charge in [0.15, 0.2) is 0 Å². The number of halogens is 1. The van der Waals surface area contributed by atoms with Crippen molar-refractivity contribution in [2.75, 3.05) is 19.8 Å². The van der Waals surface area contributed by atoms with E-state index in [1.807, 2.05) is 37.3 Å². The average molecular weight is 452 g/mol. The molecule has 3 aromatic rings. The number of rotatable bonds is 12. The molecule has 7 heteroatoms. The van der Waals surface area contributed by atoms with E-state index >= 15 is 0 Å². The van der Waals surface area contributed by atoms with Crippen LogP contribution < -0.4 is 4.74 Å². The van der Waals surface area contributed by atoms with Crippen molar-refractivity contribution in [3.63, 3.8) is 0 Å². The quantitative estimate of drug-likeness (QED) is 0.321. The largest absolute Gasteiger partial charge is 0.438 e. The second kappa shape index (κ2) is 10.7. The maximum Gasteiger partial charge on any atom is 0.227 e. The lowest BCUT2D eigenvalue weighted by Crippen LogP contribution is -2.36. The third-order valence-corrected chi connectivity index (χ3v) is 5.56. The summed E-state index contributed by atoms with van der Waals surface area (Å²) in [5, 5.41) is 15.2. The standard InChI is InChI=1S/C26H30FN3O3/c1-3-14-32-18-23(31)16-29(21-12-13-21)17-25-19(2)28-30(22-9-5-4-6-10-22)26(25)33-24-11-7-8-20(27)15-24/h3-11,15,21,23,31H,1,12-14,16-18H2,2H3/t23-/m0/s1. The lowest BCUT2D eigenvalue weighted by Gasteiger charge is -2.25. The highest BCUT2D eigenvalue weighted by Crippen LogP contribution is 2.35. The van der Waals surface area contributed by atoms with Gasteiger partial charge in [0.2, 0.25) is 5.88 Å². The summed E-state index contributed by atoms with van der Waals surface area (Å²) >= 11 is 0. The molecular weight excluding hydrogens is 421 g/mol. The number of aliphatic hydroxyl groups is 1. The van der Waals surface area contributed by atoms with E-state index in [0.717, 1.165) is 29.8 Å². The van der Waals surface area contributed by atoms with Crippen LogP contribution in [-0.4, -0.2) is 51.7 Å². The second-order valence-electron chi connectivity index (χ2n) is 8.32. The number of benzene rings is 2. The van der Waals surface area contributed by atoms with Crippen LogP contribution in [-0.2, 0) is 11.3 Å². The number of aliphatic hydroxyl groups excluding tert-OH is 1. The molecule has 0 unspecified atom stereocenters. The highest BCUT2D eigenvalue weighted by Gasteiger charge is 2.32. The summed E-state index contributed by atoms with van der Waals surface area (Å²) in [4.78, 5) is 2.25. The summed E-state index contributed by atoms with van der Waals surface area (Å²) in [6.07, 6.45) is 3.24. The topological polar surface area (TPSA) is 59.8 Å². The van der Waals surface area contributed by atoms with Gasteiger partial charge in [-0.1, -0.05) is 30.3 Å². The first kappa shape index (κ1) is 23.2. The van der Waals surface area contributed by atoms with Gasteiger partial charge in [-0.15, -0.1) is 6.58 Å². The third kappa shape index (κ3) is 6.07. The smallest absolute Gasteiger partial charge is 0.227 e. The molecule has 1 aliphatic carbocycles. The molecule has 6 nitrogen and oxygen atoms in total. The first-order chi connectivity index (χ1) is 16.0. The predicted molar refractivity (Wildman–Crippen MR) is 125 cm³/mol. The van der Waals surface area contributed by atoms with Gasteiger partial charge in [-0.25, -0.2) is 9.07 Å². The van der Waals surface area contributed by atoms with E-state index in [2.05, 4.69) is 11.5 Å². The Morgan fingerprint density at radius 3 is 2.73 bits per heavy atom. The molecule has 1 saturated carbocycles. The molecular formula is C26H30FN3O3. The third-order valence-electron chi connectivity index (χ3n) is 5.56. The number of para-hydroxylation sites is 1. The molecule has 0 radical (unpaired) electrons. The zero-order valence-corrected chi connectivity index (χ0v) is 18.9. The number of ether oxygens (including phenoxy) is 2. The molecule has 174 valence electrons. The fraction of sp³-hybridized carbons (Fsp3) is 0.346. The van der Waals surface area contributed by atoms with Crippen molar-refractivity contribution in [2.45, 2.75) is 38.5 Å². The summed E-state index contributed by atoms with van der Waals surface area (Å²) < 4.78 is 27.2.